The molecule has 2 heterocycles. The van der Waals surface area contributed by atoms with Crippen molar-refractivity contribution in [1.29, 1.82) is 0 Å². The molecule has 0 radical (unpaired) electrons. The van der Waals surface area contributed by atoms with Crippen molar-refractivity contribution < 1.29 is 23.9 Å². The third kappa shape index (κ3) is 3.54. The van der Waals surface area contributed by atoms with Crippen LogP contribution in [0.4, 0.5) is 0 Å². The van der Waals surface area contributed by atoms with Gasteiger partial charge in [0.1, 0.15) is 20.2 Å². The van der Waals surface area contributed by atoms with Crippen LogP contribution in [0.15, 0.2) is 24.3 Å². The topological polar surface area (TPSA) is 84.0 Å². The summed E-state index contributed by atoms with van der Waals surface area (Å²) in [4.78, 5) is 53.9. The van der Waals surface area contributed by atoms with Gasteiger partial charge in [0.05, 0.1) is 18.2 Å². The van der Waals surface area contributed by atoms with E-state index in [1.54, 1.807) is 24.3 Å². The summed E-state index contributed by atoms with van der Waals surface area (Å²) in [6.45, 7) is 9.80. The SMILES string of the molecule is COC(=O)[C@@H](C(C)C)N1C(=O)[C@@H](N2C(=O)c3ccccc3C2=O)[C@@H]1C#C[Si](C)(C)C. The molecule has 158 valence electrons. The number of hydrogen-bond acceptors (Lipinski definition) is 5. The number of carbonyl (C=O) groups excluding carboxylic acids is 4. The molecular formula is C22H26N2O5Si. The Bertz CT molecular complexity index is 950. The van der Waals surface area contributed by atoms with Crippen LogP contribution >= 0.6 is 0 Å². The molecule has 0 spiro atoms. The summed E-state index contributed by atoms with van der Waals surface area (Å²) in [6, 6.07) is 3.86. The maximum atomic E-state index is 13.2. The minimum Gasteiger partial charge on any atom is -0.467 e. The van der Waals surface area contributed by atoms with Crippen LogP contribution in [0.25, 0.3) is 0 Å². The number of esters is 1. The first-order valence-corrected chi connectivity index (χ1v) is 13.4. The number of amides is 3. The molecule has 3 amide bonds. The highest BCUT2D eigenvalue weighted by atomic mass is 28.3. The zero-order valence-electron chi connectivity index (χ0n) is 18.1. The fourth-order valence-corrected chi connectivity index (χ4v) is 4.36. The van der Waals surface area contributed by atoms with Crippen molar-refractivity contribution in [2.75, 3.05) is 7.11 Å². The molecule has 3 atom stereocenters. The van der Waals surface area contributed by atoms with E-state index >= 15 is 0 Å². The molecule has 3 rings (SSSR count). The number of likely N-dealkylation sites (tertiary alicyclic amines) is 1. The van der Waals surface area contributed by atoms with E-state index in [0.29, 0.717) is 0 Å². The Hall–Kier alpha value is -2.92. The zero-order chi connectivity index (χ0) is 22.4. The minimum atomic E-state index is -1.82. The molecule has 2 aliphatic heterocycles. The molecule has 1 aromatic carbocycles. The second-order valence-electron chi connectivity index (χ2n) is 8.89. The van der Waals surface area contributed by atoms with Gasteiger partial charge in [0.25, 0.3) is 17.7 Å². The largest absolute Gasteiger partial charge is 0.467 e. The number of ether oxygens (including phenoxy) is 1. The van der Waals surface area contributed by atoms with Gasteiger partial charge in [-0.25, -0.2) is 4.79 Å². The predicted octanol–water partition coefficient (Wildman–Crippen LogP) is 1.94. The Morgan fingerprint density at radius 2 is 1.60 bits per heavy atom. The van der Waals surface area contributed by atoms with Gasteiger partial charge in [-0.3, -0.25) is 19.3 Å². The lowest BCUT2D eigenvalue weighted by molar-refractivity contribution is -0.169. The number of hydrogen-bond donors (Lipinski definition) is 0. The van der Waals surface area contributed by atoms with Crippen LogP contribution in [0, 0.1) is 17.4 Å². The number of carbonyl (C=O) groups is 4. The molecule has 0 N–H and O–H groups in total. The third-order valence-corrected chi connectivity index (χ3v) is 6.07. The normalized spacial score (nSPS) is 21.8. The molecule has 0 aromatic heterocycles. The number of benzene rings is 1. The lowest BCUT2D eigenvalue weighted by Crippen LogP contribution is -2.75. The summed E-state index contributed by atoms with van der Waals surface area (Å²) in [7, 11) is -0.552. The highest BCUT2D eigenvalue weighted by Crippen LogP contribution is 2.35. The number of imide groups is 1. The number of nitrogens with zero attached hydrogens (tertiary/aromatic N) is 2. The van der Waals surface area contributed by atoms with E-state index in [4.69, 9.17) is 4.74 Å². The first-order valence-electron chi connectivity index (χ1n) is 9.89. The molecular weight excluding hydrogens is 400 g/mol. The van der Waals surface area contributed by atoms with Crippen LogP contribution < -0.4 is 0 Å². The summed E-state index contributed by atoms with van der Waals surface area (Å²) in [5, 5.41) is 0. The van der Waals surface area contributed by atoms with Gasteiger partial charge in [0.2, 0.25) is 0 Å². The second-order valence-corrected chi connectivity index (χ2v) is 13.6. The van der Waals surface area contributed by atoms with E-state index in [0.717, 1.165) is 4.90 Å². The van der Waals surface area contributed by atoms with Gasteiger partial charge in [-0.2, -0.15) is 0 Å². The molecule has 0 aliphatic carbocycles. The minimum absolute atomic E-state index is 0.222. The zero-order valence-corrected chi connectivity index (χ0v) is 19.1. The van der Waals surface area contributed by atoms with Crippen LogP contribution in [0.1, 0.15) is 34.6 Å². The first-order chi connectivity index (χ1) is 14.0. The summed E-state index contributed by atoms with van der Waals surface area (Å²) >= 11 is 0. The summed E-state index contributed by atoms with van der Waals surface area (Å²) in [5.74, 6) is 0.865. The lowest BCUT2D eigenvalue weighted by Gasteiger charge is -2.50. The van der Waals surface area contributed by atoms with Crippen LogP contribution in [-0.4, -0.2) is 66.8 Å². The van der Waals surface area contributed by atoms with Crippen molar-refractivity contribution >= 4 is 31.8 Å². The van der Waals surface area contributed by atoms with Crippen LogP contribution in [0.2, 0.25) is 19.6 Å². The van der Waals surface area contributed by atoms with E-state index in [2.05, 4.69) is 31.1 Å². The number of methoxy groups -OCH3 is 1. The quantitative estimate of drug-likeness (QED) is 0.242. The third-order valence-electron chi connectivity index (χ3n) is 5.18. The number of rotatable bonds is 4. The molecule has 1 saturated heterocycles. The van der Waals surface area contributed by atoms with E-state index in [9.17, 15) is 19.2 Å². The van der Waals surface area contributed by atoms with Crippen molar-refractivity contribution in [3.63, 3.8) is 0 Å². The molecule has 8 heteroatoms. The highest BCUT2D eigenvalue weighted by Gasteiger charge is 2.59. The maximum absolute atomic E-state index is 13.2. The van der Waals surface area contributed by atoms with Crippen LogP contribution in [0.3, 0.4) is 0 Å². The van der Waals surface area contributed by atoms with Crippen molar-refractivity contribution in [3.8, 4) is 11.5 Å². The van der Waals surface area contributed by atoms with Gasteiger partial charge < -0.3 is 9.64 Å². The van der Waals surface area contributed by atoms with Gasteiger partial charge >= 0.3 is 5.97 Å². The highest BCUT2D eigenvalue weighted by molar-refractivity contribution is 6.83. The number of fused-ring (bicyclic) bond motifs is 1. The van der Waals surface area contributed by atoms with Crippen molar-refractivity contribution in [3.05, 3.63) is 35.4 Å². The summed E-state index contributed by atoms with van der Waals surface area (Å²) in [6.07, 6.45) is 0. The Balaban J connectivity index is 2.03. The molecule has 30 heavy (non-hydrogen) atoms. The summed E-state index contributed by atoms with van der Waals surface area (Å²) < 4.78 is 4.91. The van der Waals surface area contributed by atoms with E-state index in [1.807, 2.05) is 13.8 Å². The standard InChI is InChI=1S/C22H26N2O5Si/c1-13(2)17(22(28)29-3)23-16(11-12-30(4,5)6)18(21(23)27)24-19(25)14-9-7-8-10-15(14)20(24)26/h7-10,13,16-18H,1-6H3/t16-,17+,18-/m0/s1. The summed E-state index contributed by atoms with van der Waals surface area (Å²) in [5.41, 5.74) is 3.78. The predicted molar refractivity (Wildman–Crippen MR) is 113 cm³/mol. The Morgan fingerprint density at radius 1 is 1.07 bits per heavy atom. The van der Waals surface area contributed by atoms with E-state index < -0.39 is 49.9 Å². The monoisotopic (exact) mass is 426 g/mol. The van der Waals surface area contributed by atoms with Crippen LogP contribution in [-0.2, 0) is 14.3 Å². The van der Waals surface area contributed by atoms with Gasteiger partial charge in [-0.05, 0) is 18.1 Å². The molecule has 0 saturated carbocycles. The Kier molecular flexibility index (Phi) is 5.61. The van der Waals surface area contributed by atoms with Gasteiger partial charge in [-0.15, -0.1) is 5.54 Å². The molecule has 2 aliphatic rings. The Labute approximate surface area is 177 Å². The lowest BCUT2D eigenvalue weighted by atomic mass is 9.88. The van der Waals surface area contributed by atoms with Crippen LogP contribution in [0.5, 0.6) is 0 Å². The fourth-order valence-electron chi connectivity index (χ4n) is 3.78. The van der Waals surface area contributed by atoms with E-state index in [-0.39, 0.29) is 17.0 Å². The smallest absolute Gasteiger partial charge is 0.328 e. The average molecular weight is 427 g/mol. The molecule has 1 fully saturated rings. The Morgan fingerprint density at radius 3 is 2.03 bits per heavy atom. The van der Waals surface area contributed by atoms with Crippen molar-refractivity contribution in [1.82, 2.24) is 9.80 Å². The second kappa shape index (κ2) is 7.72. The number of β-lactam (4-membered cyclic amide) rings is 1. The van der Waals surface area contributed by atoms with Gasteiger partial charge in [0, 0.05) is 0 Å². The first kappa shape index (κ1) is 21.8. The maximum Gasteiger partial charge on any atom is 0.328 e. The molecule has 7 nitrogen and oxygen atoms in total. The average Bonchev–Trinajstić information content (AvgIpc) is 2.92. The van der Waals surface area contributed by atoms with Gasteiger partial charge in [0.15, 0.2) is 6.04 Å². The molecule has 1 aromatic rings. The van der Waals surface area contributed by atoms with Crippen molar-refractivity contribution in [2.24, 2.45) is 5.92 Å². The van der Waals surface area contributed by atoms with Gasteiger partial charge in [-0.1, -0.05) is 51.5 Å². The molecule has 0 bridgehead atoms. The van der Waals surface area contributed by atoms with E-state index in [1.165, 1.54) is 12.0 Å². The molecule has 0 unspecified atom stereocenters. The fraction of sp³-hybridized carbons (Fsp3) is 0.455. The van der Waals surface area contributed by atoms with Crippen molar-refractivity contribution in [2.45, 2.75) is 51.6 Å².